The van der Waals surface area contributed by atoms with Crippen LogP contribution in [-0.4, -0.2) is 38.3 Å². The zero-order valence-electron chi connectivity index (χ0n) is 17.2. The minimum Gasteiger partial charge on any atom is -0.497 e. The van der Waals surface area contributed by atoms with Crippen LogP contribution in [-0.2, 0) is 12.0 Å². The smallest absolute Gasteiger partial charge is 0.213 e. The number of nitrogens with zero attached hydrogens (tertiary/aromatic N) is 2. The van der Waals surface area contributed by atoms with Crippen molar-refractivity contribution in [2.75, 3.05) is 27.3 Å². The van der Waals surface area contributed by atoms with E-state index in [-0.39, 0.29) is 29.4 Å². The summed E-state index contributed by atoms with van der Waals surface area (Å²) in [4.78, 5) is 8.51. The zero-order valence-corrected chi connectivity index (χ0v) is 19.6. The quantitative estimate of drug-likeness (QED) is 0.248. The summed E-state index contributed by atoms with van der Waals surface area (Å²) < 4.78 is 16.7. The van der Waals surface area contributed by atoms with Crippen LogP contribution in [0.25, 0.3) is 0 Å². The van der Waals surface area contributed by atoms with Gasteiger partial charge in [-0.25, -0.2) is 4.98 Å². The molecule has 0 bridgehead atoms. The third-order valence-corrected chi connectivity index (χ3v) is 3.85. The van der Waals surface area contributed by atoms with E-state index in [4.69, 9.17) is 13.9 Å². The van der Waals surface area contributed by atoms with Crippen molar-refractivity contribution in [2.45, 2.75) is 39.2 Å². The van der Waals surface area contributed by atoms with Crippen molar-refractivity contribution in [3.8, 4) is 11.5 Å². The largest absolute Gasteiger partial charge is 0.497 e. The van der Waals surface area contributed by atoms with E-state index in [0.717, 1.165) is 30.2 Å². The lowest BCUT2D eigenvalue weighted by Gasteiger charge is -2.13. The van der Waals surface area contributed by atoms with E-state index in [0.29, 0.717) is 25.0 Å². The van der Waals surface area contributed by atoms with Crippen molar-refractivity contribution in [2.24, 2.45) is 4.99 Å². The molecule has 28 heavy (non-hydrogen) atoms. The van der Waals surface area contributed by atoms with Crippen LogP contribution < -0.4 is 20.1 Å². The predicted molar refractivity (Wildman–Crippen MR) is 122 cm³/mol. The monoisotopic (exact) mass is 502 g/mol. The van der Waals surface area contributed by atoms with Crippen molar-refractivity contribution in [1.82, 2.24) is 15.6 Å². The van der Waals surface area contributed by atoms with Gasteiger partial charge in [0.05, 0.1) is 26.5 Å². The first-order chi connectivity index (χ1) is 12.9. The molecule has 0 unspecified atom stereocenters. The fourth-order valence-corrected chi connectivity index (χ4v) is 2.28. The van der Waals surface area contributed by atoms with E-state index in [1.165, 1.54) is 0 Å². The molecule has 8 heteroatoms. The molecule has 2 N–H and O–H groups in total. The van der Waals surface area contributed by atoms with Crippen LogP contribution in [0.3, 0.4) is 0 Å². The number of aromatic nitrogens is 1. The summed E-state index contributed by atoms with van der Waals surface area (Å²) in [7, 11) is 3.38. The first-order valence-corrected chi connectivity index (χ1v) is 9.09. The number of aliphatic imine (C=N–C) groups is 1. The lowest BCUT2D eigenvalue weighted by atomic mass is 9.94. The van der Waals surface area contributed by atoms with Crippen LogP contribution in [0.5, 0.6) is 11.5 Å². The second-order valence-corrected chi connectivity index (χ2v) is 7.10. The van der Waals surface area contributed by atoms with Crippen LogP contribution >= 0.6 is 24.0 Å². The van der Waals surface area contributed by atoms with Gasteiger partial charge in [0.1, 0.15) is 17.3 Å². The Bertz CT molecular complexity index is 741. The van der Waals surface area contributed by atoms with Gasteiger partial charge in [-0.05, 0) is 18.6 Å². The van der Waals surface area contributed by atoms with Crippen molar-refractivity contribution >= 4 is 29.9 Å². The molecule has 1 aromatic heterocycles. The molecular weight excluding hydrogens is 471 g/mol. The molecule has 1 heterocycles. The Morgan fingerprint density at radius 3 is 2.61 bits per heavy atom. The number of benzene rings is 1. The third-order valence-electron chi connectivity index (χ3n) is 3.85. The summed E-state index contributed by atoms with van der Waals surface area (Å²) in [5.74, 6) is 3.81. The van der Waals surface area contributed by atoms with E-state index in [9.17, 15) is 0 Å². The molecule has 2 aromatic rings. The summed E-state index contributed by atoms with van der Waals surface area (Å²) in [6.07, 6.45) is 2.62. The fraction of sp³-hybridized carbons (Fsp3) is 0.500. The van der Waals surface area contributed by atoms with Crippen LogP contribution in [0, 0.1) is 0 Å². The van der Waals surface area contributed by atoms with Crippen LogP contribution in [0.15, 0.2) is 39.9 Å². The summed E-state index contributed by atoms with van der Waals surface area (Å²) in [6, 6.07) is 7.59. The van der Waals surface area contributed by atoms with Gasteiger partial charge in [-0.2, -0.15) is 0 Å². The molecule has 2 rings (SSSR count). The van der Waals surface area contributed by atoms with Gasteiger partial charge < -0.3 is 24.5 Å². The maximum absolute atomic E-state index is 5.77. The van der Waals surface area contributed by atoms with E-state index in [1.807, 2.05) is 24.3 Å². The number of hydrogen-bond acceptors (Lipinski definition) is 5. The van der Waals surface area contributed by atoms with Gasteiger partial charge in [0, 0.05) is 25.1 Å². The van der Waals surface area contributed by atoms with Crippen LogP contribution in [0.2, 0.25) is 0 Å². The average Bonchev–Trinajstić information content (AvgIpc) is 3.13. The molecule has 0 saturated heterocycles. The van der Waals surface area contributed by atoms with Crippen LogP contribution in [0.4, 0.5) is 0 Å². The second kappa shape index (κ2) is 11.8. The van der Waals surface area contributed by atoms with Gasteiger partial charge in [0.2, 0.25) is 5.89 Å². The first-order valence-electron chi connectivity index (χ1n) is 9.09. The Morgan fingerprint density at radius 1 is 1.21 bits per heavy atom. The second-order valence-electron chi connectivity index (χ2n) is 7.10. The number of oxazole rings is 1. The molecule has 0 aliphatic rings. The minimum absolute atomic E-state index is 0. The Morgan fingerprint density at radius 2 is 1.96 bits per heavy atom. The molecule has 7 nitrogen and oxygen atoms in total. The first kappa shape index (κ1) is 24.1. The molecule has 0 spiro atoms. The molecule has 0 saturated carbocycles. The topological polar surface area (TPSA) is 80.9 Å². The Balaban J connectivity index is 0.00000392. The van der Waals surface area contributed by atoms with E-state index in [1.54, 1.807) is 20.4 Å². The number of rotatable bonds is 8. The minimum atomic E-state index is -0.0477. The molecule has 0 atom stereocenters. The van der Waals surface area contributed by atoms with Crippen molar-refractivity contribution < 1.29 is 13.9 Å². The summed E-state index contributed by atoms with van der Waals surface area (Å²) >= 11 is 0. The van der Waals surface area contributed by atoms with Gasteiger partial charge in [-0.1, -0.05) is 26.8 Å². The lowest BCUT2D eigenvalue weighted by molar-refractivity contribution is 0.308. The molecule has 0 aliphatic carbocycles. The maximum atomic E-state index is 5.77. The maximum Gasteiger partial charge on any atom is 0.213 e. The molecular formula is C20H31IN4O3. The SMILES string of the molecule is CN=C(NCCCOc1cccc(OC)c1)NCc1ncc(C(C)(C)C)o1.I. The Kier molecular flexibility index (Phi) is 10.1. The summed E-state index contributed by atoms with van der Waals surface area (Å²) in [5, 5.41) is 6.45. The molecule has 0 amide bonds. The number of ether oxygens (including phenoxy) is 2. The van der Waals surface area contributed by atoms with Gasteiger partial charge in [0.15, 0.2) is 5.96 Å². The van der Waals surface area contributed by atoms with Gasteiger partial charge in [0.25, 0.3) is 0 Å². The average molecular weight is 502 g/mol. The summed E-state index contributed by atoms with van der Waals surface area (Å²) in [5.41, 5.74) is -0.0477. The number of hydrogen-bond donors (Lipinski definition) is 2. The van der Waals surface area contributed by atoms with Crippen molar-refractivity contribution in [1.29, 1.82) is 0 Å². The van der Waals surface area contributed by atoms with E-state index >= 15 is 0 Å². The number of guanidine groups is 1. The van der Waals surface area contributed by atoms with Crippen molar-refractivity contribution in [3.05, 3.63) is 42.1 Å². The molecule has 156 valence electrons. The van der Waals surface area contributed by atoms with E-state index < -0.39 is 0 Å². The molecule has 0 radical (unpaired) electrons. The highest BCUT2D eigenvalue weighted by Crippen LogP contribution is 2.22. The standard InChI is InChI=1S/C20H30N4O3.HI/c1-20(2,3)17-13-23-18(27-17)14-24-19(21-4)22-10-7-11-26-16-9-6-8-15(12-16)25-5;/h6,8-9,12-13H,7,10-11,14H2,1-5H3,(H2,21,22,24);1H. The van der Waals surface area contributed by atoms with Crippen molar-refractivity contribution in [3.63, 3.8) is 0 Å². The normalized spacial score (nSPS) is 11.5. The van der Waals surface area contributed by atoms with Gasteiger partial charge in [-0.3, -0.25) is 4.99 Å². The zero-order chi connectivity index (χ0) is 19.7. The highest BCUT2D eigenvalue weighted by atomic mass is 127. The third kappa shape index (κ3) is 7.95. The number of methoxy groups -OCH3 is 1. The molecule has 0 aliphatic heterocycles. The highest BCUT2D eigenvalue weighted by molar-refractivity contribution is 14.0. The number of halogens is 1. The lowest BCUT2D eigenvalue weighted by Crippen LogP contribution is -2.37. The Hall–Kier alpha value is -1.97. The highest BCUT2D eigenvalue weighted by Gasteiger charge is 2.19. The predicted octanol–water partition coefficient (Wildman–Crippen LogP) is 3.73. The Labute approximate surface area is 184 Å². The van der Waals surface area contributed by atoms with Crippen LogP contribution in [0.1, 0.15) is 38.8 Å². The molecule has 0 fully saturated rings. The van der Waals surface area contributed by atoms with Gasteiger partial charge in [-0.15, -0.1) is 24.0 Å². The number of nitrogens with one attached hydrogen (secondary N) is 2. The fourth-order valence-electron chi connectivity index (χ4n) is 2.28. The van der Waals surface area contributed by atoms with E-state index in [2.05, 4.69) is 41.4 Å². The molecule has 1 aromatic carbocycles. The van der Waals surface area contributed by atoms with Gasteiger partial charge >= 0.3 is 0 Å². The summed E-state index contributed by atoms with van der Waals surface area (Å²) in [6.45, 7) is 8.11.